The molecular formula is C13H14Cl2O2. The molecule has 0 N–H and O–H groups in total. The Hall–Kier alpha value is -0.570. The lowest BCUT2D eigenvalue weighted by Crippen LogP contribution is -2.42. The first-order valence-corrected chi connectivity index (χ1v) is 6.53. The van der Waals surface area contributed by atoms with Crippen molar-refractivity contribution in [2.45, 2.75) is 18.3 Å². The van der Waals surface area contributed by atoms with Gasteiger partial charge in [-0.2, -0.15) is 0 Å². The molecule has 1 aromatic rings. The molecule has 0 atom stereocenters. The van der Waals surface area contributed by atoms with E-state index in [1.807, 2.05) is 24.3 Å². The number of halogens is 2. The zero-order chi connectivity index (χ0) is 12.3. The van der Waals surface area contributed by atoms with Crippen LogP contribution in [-0.2, 0) is 14.9 Å². The molecule has 1 aliphatic rings. The minimum Gasteiger partial charge on any atom is -0.381 e. The molecule has 0 unspecified atom stereocenters. The molecule has 1 aromatic carbocycles. The third-order valence-electron chi connectivity index (χ3n) is 3.38. The van der Waals surface area contributed by atoms with E-state index in [0.717, 1.165) is 5.56 Å². The fourth-order valence-corrected chi connectivity index (χ4v) is 2.81. The maximum Gasteiger partial charge on any atom is 0.158 e. The summed E-state index contributed by atoms with van der Waals surface area (Å²) in [4.78, 5) is 12.2. The van der Waals surface area contributed by atoms with Gasteiger partial charge in [-0.15, -0.1) is 11.6 Å². The highest BCUT2D eigenvalue weighted by Gasteiger charge is 2.40. The Morgan fingerprint density at radius 3 is 2.65 bits per heavy atom. The van der Waals surface area contributed by atoms with E-state index >= 15 is 0 Å². The maximum absolute atomic E-state index is 12.2. The Balaban J connectivity index is 2.42. The Kier molecular flexibility index (Phi) is 4.08. The third kappa shape index (κ3) is 2.49. The van der Waals surface area contributed by atoms with Crippen LogP contribution in [0.15, 0.2) is 24.3 Å². The summed E-state index contributed by atoms with van der Waals surface area (Å²) in [5.74, 6) is 0.0942. The van der Waals surface area contributed by atoms with Gasteiger partial charge in [0.15, 0.2) is 5.78 Å². The average Bonchev–Trinajstić information content (AvgIpc) is 2.38. The molecule has 1 saturated heterocycles. The van der Waals surface area contributed by atoms with Crippen molar-refractivity contribution in [2.75, 3.05) is 19.1 Å². The van der Waals surface area contributed by atoms with Crippen molar-refractivity contribution in [1.29, 1.82) is 0 Å². The van der Waals surface area contributed by atoms with Gasteiger partial charge in [-0.3, -0.25) is 4.79 Å². The summed E-state index contributed by atoms with van der Waals surface area (Å²) in [6, 6.07) is 7.48. The first kappa shape index (κ1) is 12.9. The van der Waals surface area contributed by atoms with Gasteiger partial charge in [0.05, 0.1) is 11.3 Å². The van der Waals surface area contributed by atoms with Crippen LogP contribution < -0.4 is 0 Å². The van der Waals surface area contributed by atoms with E-state index in [0.29, 0.717) is 31.1 Å². The lowest BCUT2D eigenvalue weighted by molar-refractivity contribution is -0.125. The highest BCUT2D eigenvalue weighted by molar-refractivity contribution is 6.31. The second-order valence-electron chi connectivity index (χ2n) is 4.26. The fourth-order valence-electron chi connectivity index (χ4n) is 2.36. The van der Waals surface area contributed by atoms with E-state index in [2.05, 4.69) is 0 Å². The van der Waals surface area contributed by atoms with Crippen molar-refractivity contribution in [3.63, 3.8) is 0 Å². The number of alkyl halides is 1. The van der Waals surface area contributed by atoms with Crippen LogP contribution in [-0.4, -0.2) is 24.9 Å². The molecule has 17 heavy (non-hydrogen) atoms. The summed E-state index contributed by atoms with van der Waals surface area (Å²) in [6.45, 7) is 1.18. The van der Waals surface area contributed by atoms with Crippen molar-refractivity contribution in [3.05, 3.63) is 34.9 Å². The Bertz CT molecular complexity index is 412. The van der Waals surface area contributed by atoms with E-state index in [-0.39, 0.29) is 11.7 Å². The van der Waals surface area contributed by atoms with E-state index < -0.39 is 5.41 Å². The van der Waals surface area contributed by atoms with Gasteiger partial charge in [0, 0.05) is 18.2 Å². The number of hydrogen-bond donors (Lipinski definition) is 0. The van der Waals surface area contributed by atoms with Crippen molar-refractivity contribution in [1.82, 2.24) is 0 Å². The maximum atomic E-state index is 12.2. The van der Waals surface area contributed by atoms with Crippen LogP contribution in [0, 0.1) is 0 Å². The Morgan fingerprint density at radius 1 is 1.35 bits per heavy atom. The molecule has 0 aromatic heterocycles. The van der Waals surface area contributed by atoms with Gasteiger partial charge in [0.1, 0.15) is 0 Å². The SMILES string of the molecule is O=C(CCl)C1(c2cccc(Cl)c2)CCOCC1. The monoisotopic (exact) mass is 272 g/mol. The van der Waals surface area contributed by atoms with Gasteiger partial charge in [0.25, 0.3) is 0 Å². The summed E-state index contributed by atoms with van der Waals surface area (Å²) in [7, 11) is 0. The number of carbonyl (C=O) groups excluding carboxylic acids is 1. The van der Waals surface area contributed by atoms with Gasteiger partial charge >= 0.3 is 0 Å². The van der Waals surface area contributed by atoms with Crippen molar-refractivity contribution in [2.24, 2.45) is 0 Å². The molecule has 0 spiro atoms. The quantitative estimate of drug-likeness (QED) is 0.790. The van der Waals surface area contributed by atoms with Crippen LogP contribution in [0.1, 0.15) is 18.4 Å². The zero-order valence-electron chi connectivity index (χ0n) is 9.42. The second-order valence-corrected chi connectivity index (χ2v) is 4.97. The highest BCUT2D eigenvalue weighted by atomic mass is 35.5. The lowest BCUT2D eigenvalue weighted by Gasteiger charge is -2.36. The van der Waals surface area contributed by atoms with Gasteiger partial charge in [-0.25, -0.2) is 0 Å². The van der Waals surface area contributed by atoms with Gasteiger partial charge in [-0.05, 0) is 30.5 Å². The molecule has 0 aliphatic carbocycles. The molecular weight excluding hydrogens is 259 g/mol. The van der Waals surface area contributed by atoms with Crippen molar-refractivity contribution in [3.8, 4) is 0 Å². The van der Waals surface area contributed by atoms with Crippen molar-refractivity contribution < 1.29 is 9.53 Å². The Morgan fingerprint density at radius 2 is 2.06 bits per heavy atom. The molecule has 1 fully saturated rings. The summed E-state index contributed by atoms with van der Waals surface area (Å²) in [5.41, 5.74) is 0.448. The summed E-state index contributed by atoms with van der Waals surface area (Å²) in [5, 5.41) is 0.649. The largest absolute Gasteiger partial charge is 0.381 e. The predicted molar refractivity (Wildman–Crippen MR) is 68.9 cm³/mol. The Labute approximate surface area is 111 Å². The molecule has 0 radical (unpaired) electrons. The summed E-state index contributed by atoms with van der Waals surface area (Å²) >= 11 is 11.7. The van der Waals surface area contributed by atoms with Crippen LogP contribution >= 0.6 is 23.2 Å². The van der Waals surface area contributed by atoms with E-state index in [1.165, 1.54) is 0 Å². The normalized spacial score (nSPS) is 18.9. The molecule has 1 heterocycles. The minimum absolute atomic E-state index is 0.0342. The number of ether oxygens (including phenoxy) is 1. The fraction of sp³-hybridized carbons (Fsp3) is 0.462. The number of hydrogen-bond acceptors (Lipinski definition) is 2. The summed E-state index contributed by atoms with van der Waals surface area (Å²) in [6.07, 6.45) is 1.36. The minimum atomic E-state index is -0.509. The standard InChI is InChI=1S/C13H14Cl2O2/c14-9-12(16)13(4-6-17-7-5-13)10-2-1-3-11(15)8-10/h1-3,8H,4-7,9H2. The molecule has 0 bridgehead atoms. The number of Topliss-reactive ketones (excluding diaryl/α,β-unsaturated/α-hetero) is 1. The van der Waals surface area contributed by atoms with E-state index in [4.69, 9.17) is 27.9 Å². The molecule has 0 saturated carbocycles. The molecule has 1 aliphatic heterocycles. The number of carbonyl (C=O) groups is 1. The first-order chi connectivity index (χ1) is 8.19. The number of rotatable bonds is 3. The first-order valence-electron chi connectivity index (χ1n) is 5.62. The van der Waals surface area contributed by atoms with Crippen LogP contribution in [0.25, 0.3) is 0 Å². The van der Waals surface area contributed by atoms with Crippen molar-refractivity contribution >= 4 is 29.0 Å². The van der Waals surface area contributed by atoms with Crippen LogP contribution in [0.2, 0.25) is 5.02 Å². The third-order valence-corrected chi connectivity index (χ3v) is 3.86. The molecule has 2 rings (SSSR count). The van der Waals surface area contributed by atoms with Gasteiger partial charge in [-0.1, -0.05) is 23.7 Å². The topological polar surface area (TPSA) is 26.3 Å². The number of ketones is 1. The molecule has 2 nitrogen and oxygen atoms in total. The van der Waals surface area contributed by atoms with E-state index in [1.54, 1.807) is 0 Å². The zero-order valence-corrected chi connectivity index (χ0v) is 10.9. The molecule has 0 amide bonds. The van der Waals surface area contributed by atoms with Crippen LogP contribution in [0.4, 0.5) is 0 Å². The summed E-state index contributed by atoms with van der Waals surface area (Å²) < 4.78 is 5.34. The number of benzene rings is 1. The van der Waals surface area contributed by atoms with Gasteiger partial charge in [0.2, 0.25) is 0 Å². The second kappa shape index (κ2) is 5.38. The molecule has 4 heteroatoms. The van der Waals surface area contributed by atoms with Crippen LogP contribution in [0.3, 0.4) is 0 Å². The van der Waals surface area contributed by atoms with E-state index in [9.17, 15) is 4.79 Å². The predicted octanol–water partition coefficient (Wildman–Crippen LogP) is 3.20. The smallest absolute Gasteiger partial charge is 0.158 e. The lowest BCUT2D eigenvalue weighted by atomic mass is 9.71. The average molecular weight is 273 g/mol. The van der Waals surface area contributed by atoms with Gasteiger partial charge < -0.3 is 4.74 Å². The highest BCUT2D eigenvalue weighted by Crippen LogP contribution is 2.37. The molecule has 92 valence electrons. The van der Waals surface area contributed by atoms with Crippen LogP contribution in [0.5, 0.6) is 0 Å².